The lowest BCUT2D eigenvalue weighted by molar-refractivity contribution is -0.122. The maximum Gasteiger partial charge on any atom is 0.420 e. The Morgan fingerprint density at radius 3 is 2.51 bits per heavy atom. The van der Waals surface area contributed by atoms with Crippen LogP contribution in [0, 0.1) is 0 Å². The molecule has 35 heavy (non-hydrogen) atoms. The number of nitrogens with zero attached hydrogens (tertiary/aromatic N) is 3. The number of hydrogen-bond acceptors (Lipinski definition) is 7. The Labute approximate surface area is 202 Å². The first-order chi connectivity index (χ1) is 17.1. The maximum atomic E-state index is 12.8. The number of piperazine rings is 1. The van der Waals surface area contributed by atoms with Crippen LogP contribution < -0.4 is 20.7 Å². The number of fused-ring (bicyclic) bond motifs is 1. The van der Waals surface area contributed by atoms with E-state index in [1.807, 2.05) is 30.3 Å². The molecular weight excluding hydrogens is 448 g/mol. The summed E-state index contributed by atoms with van der Waals surface area (Å²) in [5.41, 5.74) is 2.23. The van der Waals surface area contributed by atoms with Crippen LogP contribution in [0.5, 0.6) is 5.75 Å². The number of rotatable bonds is 8. The van der Waals surface area contributed by atoms with Gasteiger partial charge in [-0.3, -0.25) is 14.3 Å². The summed E-state index contributed by atoms with van der Waals surface area (Å²) >= 11 is 0. The number of anilines is 1. The summed E-state index contributed by atoms with van der Waals surface area (Å²) in [5, 5.41) is 2.98. The highest BCUT2D eigenvalue weighted by Crippen LogP contribution is 2.25. The molecule has 0 spiro atoms. The molecule has 5 rings (SSSR count). The summed E-state index contributed by atoms with van der Waals surface area (Å²) in [7, 11) is 1.66. The predicted octanol–water partition coefficient (Wildman–Crippen LogP) is 2.88. The largest absolute Gasteiger partial charge is 0.497 e. The molecule has 9 nitrogen and oxygen atoms in total. The molecule has 1 unspecified atom stereocenters. The fraction of sp³-hybridized carbons (Fsp3) is 0.308. The van der Waals surface area contributed by atoms with Crippen LogP contribution in [-0.2, 0) is 11.3 Å². The fourth-order valence-corrected chi connectivity index (χ4v) is 4.55. The van der Waals surface area contributed by atoms with Crippen LogP contribution in [0.25, 0.3) is 11.1 Å². The number of ether oxygens (including phenoxy) is 1. The molecule has 2 aromatic carbocycles. The average Bonchev–Trinajstić information content (AvgIpc) is 3.53. The third-order valence-electron chi connectivity index (χ3n) is 6.43. The molecular formula is C26H28N4O5. The molecule has 1 aliphatic rings. The van der Waals surface area contributed by atoms with Crippen LogP contribution in [0.1, 0.15) is 11.8 Å². The molecule has 0 radical (unpaired) electrons. The van der Waals surface area contributed by atoms with Gasteiger partial charge in [0.2, 0.25) is 5.91 Å². The molecule has 1 fully saturated rings. The Kier molecular flexibility index (Phi) is 6.58. The molecule has 0 saturated carbocycles. The lowest BCUT2D eigenvalue weighted by atomic mass is 10.1. The standard InChI is InChI=1S/C26H28N4O5/c1-33-20-10-8-19(9-11-20)28-12-14-29(15-13-28)22(23-7-4-16-34-23)17-27-25(31)18-30-21-5-2-3-6-24(21)35-26(30)32/h2-11,16,22H,12-15,17-18H2,1H3,(H,27,31). The van der Waals surface area contributed by atoms with E-state index < -0.39 is 5.76 Å². The van der Waals surface area contributed by atoms with Gasteiger partial charge in [-0.15, -0.1) is 0 Å². The highest BCUT2D eigenvalue weighted by molar-refractivity contribution is 5.79. The van der Waals surface area contributed by atoms with E-state index in [1.54, 1.807) is 31.6 Å². The summed E-state index contributed by atoms with van der Waals surface area (Å²) < 4.78 is 17.5. The van der Waals surface area contributed by atoms with E-state index in [0.29, 0.717) is 17.6 Å². The van der Waals surface area contributed by atoms with Gasteiger partial charge in [0.05, 0.1) is 24.9 Å². The van der Waals surface area contributed by atoms with E-state index in [-0.39, 0.29) is 18.5 Å². The predicted molar refractivity (Wildman–Crippen MR) is 132 cm³/mol. The minimum absolute atomic E-state index is 0.105. The third-order valence-corrected chi connectivity index (χ3v) is 6.43. The second-order valence-corrected chi connectivity index (χ2v) is 8.48. The molecule has 1 amide bonds. The average molecular weight is 477 g/mol. The summed E-state index contributed by atoms with van der Waals surface area (Å²) in [4.78, 5) is 29.6. The molecule has 182 valence electrons. The summed E-state index contributed by atoms with van der Waals surface area (Å²) in [6.07, 6.45) is 1.65. The number of carbonyl (C=O) groups excluding carboxylic acids is 1. The minimum atomic E-state index is -0.543. The van der Waals surface area contributed by atoms with Gasteiger partial charge in [0.1, 0.15) is 18.1 Å². The zero-order chi connectivity index (χ0) is 24.2. The molecule has 1 saturated heterocycles. The van der Waals surface area contributed by atoms with Crippen molar-refractivity contribution in [2.45, 2.75) is 12.6 Å². The first-order valence-corrected chi connectivity index (χ1v) is 11.6. The monoisotopic (exact) mass is 476 g/mol. The highest BCUT2D eigenvalue weighted by Gasteiger charge is 2.27. The van der Waals surface area contributed by atoms with E-state index in [9.17, 15) is 9.59 Å². The van der Waals surface area contributed by atoms with E-state index in [2.05, 4.69) is 27.2 Å². The van der Waals surface area contributed by atoms with Crippen molar-refractivity contribution in [3.8, 4) is 5.75 Å². The van der Waals surface area contributed by atoms with Crippen molar-refractivity contribution in [2.75, 3.05) is 44.7 Å². The van der Waals surface area contributed by atoms with Gasteiger partial charge in [-0.05, 0) is 48.5 Å². The van der Waals surface area contributed by atoms with Crippen LogP contribution in [0.4, 0.5) is 5.69 Å². The Hall–Kier alpha value is -3.98. The smallest absolute Gasteiger partial charge is 0.420 e. The van der Waals surface area contributed by atoms with Crippen LogP contribution >= 0.6 is 0 Å². The van der Waals surface area contributed by atoms with E-state index in [4.69, 9.17) is 13.6 Å². The number of carbonyl (C=O) groups is 1. The molecule has 4 aromatic rings. The zero-order valence-corrected chi connectivity index (χ0v) is 19.6. The lowest BCUT2D eigenvalue weighted by Gasteiger charge is -2.39. The van der Waals surface area contributed by atoms with Gasteiger partial charge in [0.25, 0.3) is 0 Å². The molecule has 0 aliphatic carbocycles. The molecule has 1 N–H and O–H groups in total. The van der Waals surface area contributed by atoms with Crippen LogP contribution in [-0.4, -0.2) is 55.2 Å². The normalized spacial score (nSPS) is 15.3. The van der Waals surface area contributed by atoms with Crippen molar-refractivity contribution < 1.29 is 18.4 Å². The van der Waals surface area contributed by atoms with Gasteiger partial charge in [0.15, 0.2) is 5.58 Å². The number of para-hydroxylation sites is 2. The van der Waals surface area contributed by atoms with Crippen LogP contribution in [0.15, 0.2) is 80.6 Å². The number of furan rings is 1. The first kappa shape index (κ1) is 22.8. The first-order valence-electron chi connectivity index (χ1n) is 11.6. The maximum absolute atomic E-state index is 12.8. The Balaban J connectivity index is 1.23. The Bertz CT molecular complexity index is 1320. The lowest BCUT2D eigenvalue weighted by Crippen LogP contribution is -2.50. The van der Waals surface area contributed by atoms with Crippen molar-refractivity contribution in [3.05, 3.63) is 83.2 Å². The molecule has 1 atom stereocenters. The van der Waals surface area contributed by atoms with Gasteiger partial charge in [-0.25, -0.2) is 4.79 Å². The topological polar surface area (TPSA) is 93.1 Å². The van der Waals surface area contributed by atoms with Crippen LogP contribution in [0.3, 0.4) is 0 Å². The molecule has 3 heterocycles. The van der Waals surface area contributed by atoms with Crippen molar-refractivity contribution >= 4 is 22.7 Å². The molecule has 0 bridgehead atoms. The van der Waals surface area contributed by atoms with Gasteiger partial charge in [0, 0.05) is 38.4 Å². The zero-order valence-electron chi connectivity index (χ0n) is 19.6. The number of benzene rings is 2. The third kappa shape index (κ3) is 4.95. The highest BCUT2D eigenvalue weighted by atomic mass is 16.5. The van der Waals surface area contributed by atoms with Gasteiger partial charge >= 0.3 is 5.76 Å². The van der Waals surface area contributed by atoms with Crippen molar-refractivity contribution in [2.24, 2.45) is 0 Å². The Morgan fingerprint density at radius 1 is 1.03 bits per heavy atom. The number of oxazole rings is 1. The van der Waals surface area contributed by atoms with Crippen molar-refractivity contribution in [1.29, 1.82) is 0 Å². The summed E-state index contributed by atoms with van der Waals surface area (Å²) in [6, 6.07) is 18.8. The van der Waals surface area contributed by atoms with Gasteiger partial charge in [-0.2, -0.15) is 0 Å². The summed E-state index contributed by atoms with van der Waals surface area (Å²) in [6.45, 7) is 3.62. The number of hydrogen-bond donors (Lipinski definition) is 1. The van der Waals surface area contributed by atoms with Crippen molar-refractivity contribution in [1.82, 2.24) is 14.8 Å². The number of methoxy groups -OCH3 is 1. The van der Waals surface area contributed by atoms with Crippen molar-refractivity contribution in [3.63, 3.8) is 0 Å². The quantitative estimate of drug-likeness (QED) is 0.418. The Morgan fingerprint density at radius 2 is 1.80 bits per heavy atom. The molecule has 9 heteroatoms. The van der Waals surface area contributed by atoms with E-state index in [1.165, 1.54) is 4.57 Å². The second-order valence-electron chi connectivity index (χ2n) is 8.48. The summed E-state index contributed by atoms with van der Waals surface area (Å²) in [5.74, 6) is 0.839. The van der Waals surface area contributed by atoms with Crippen LogP contribution in [0.2, 0.25) is 0 Å². The van der Waals surface area contributed by atoms with E-state index >= 15 is 0 Å². The molecule has 2 aromatic heterocycles. The number of nitrogens with one attached hydrogen (secondary N) is 1. The minimum Gasteiger partial charge on any atom is -0.497 e. The number of amides is 1. The van der Waals surface area contributed by atoms with Gasteiger partial charge < -0.3 is 23.8 Å². The SMILES string of the molecule is COc1ccc(N2CCN(C(CNC(=O)Cn3c(=O)oc4ccccc43)c3ccco3)CC2)cc1. The molecule has 1 aliphatic heterocycles. The van der Waals surface area contributed by atoms with E-state index in [0.717, 1.165) is 43.4 Å². The fourth-order valence-electron chi connectivity index (χ4n) is 4.55. The number of aromatic nitrogens is 1. The van der Waals surface area contributed by atoms with Gasteiger partial charge in [-0.1, -0.05) is 12.1 Å². The second kappa shape index (κ2) is 10.1.